The van der Waals surface area contributed by atoms with Crippen molar-refractivity contribution in [3.63, 3.8) is 0 Å². The second kappa shape index (κ2) is 8.79. The Morgan fingerprint density at radius 1 is 1.40 bits per heavy atom. The Kier molecular flexibility index (Phi) is 8.22. The van der Waals surface area contributed by atoms with Gasteiger partial charge in [0, 0.05) is 25.4 Å². The van der Waals surface area contributed by atoms with Crippen LogP contribution < -0.4 is 11.1 Å². The summed E-state index contributed by atoms with van der Waals surface area (Å²) in [7, 11) is 0. The summed E-state index contributed by atoms with van der Waals surface area (Å²) in [5.74, 6) is 0.874. The number of fused-ring (bicyclic) bond motifs is 1. The zero-order valence-corrected chi connectivity index (χ0v) is 12.9. The summed E-state index contributed by atoms with van der Waals surface area (Å²) in [5, 5.41) is 2.83. The molecule has 0 bridgehead atoms. The van der Waals surface area contributed by atoms with Gasteiger partial charge in [-0.1, -0.05) is 12.1 Å². The third-order valence-electron chi connectivity index (χ3n) is 2.63. The molecule has 0 radical (unpaired) electrons. The van der Waals surface area contributed by atoms with Crippen LogP contribution in [-0.4, -0.2) is 28.5 Å². The maximum Gasteiger partial charge on any atom is 0.221 e. The third kappa shape index (κ3) is 5.36. The number of benzene rings is 1. The standard InChI is InChI=1S/C13H18N4O.2ClH/c1-9(14)8-13(18)15-7-6-12-16-10-4-2-3-5-11(10)17-12;;/h2-5,9H,6-8,14H2,1H3,(H,15,18)(H,16,17);2*1H. The zero-order valence-electron chi connectivity index (χ0n) is 11.3. The fourth-order valence-electron chi connectivity index (χ4n) is 1.81. The van der Waals surface area contributed by atoms with E-state index in [1.165, 1.54) is 0 Å². The summed E-state index contributed by atoms with van der Waals surface area (Å²) in [6.45, 7) is 2.39. The number of H-pyrrole nitrogens is 1. The van der Waals surface area contributed by atoms with Crippen LogP contribution in [0.15, 0.2) is 24.3 Å². The first kappa shape index (κ1) is 18.7. The van der Waals surface area contributed by atoms with Crippen LogP contribution in [0.1, 0.15) is 19.2 Å². The summed E-state index contributed by atoms with van der Waals surface area (Å²) in [4.78, 5) is 19.1. The number of para-hydroxylation sites is 2. The number of halogens is 2. The van der Waals surface area contributed by atoms with Crippen LogP contribution in [0.4, 0.5) is 0 Å². The number of carbonyl (C=O) groups excluding carboxylic acids is 1. The molecule has 112 valence electrons. The molecule has 1 atom stereocenters. The number of aromatic amines is 1. The predicted octanol–water partition coefficient (Wildman–Crippen LogP) is 1.80. The van der Waals surface area contributed by atoms with Gasteiger partial charge in [-0.05, 0) is 19.1 Å². The van der Waals surface area contributed by atoms with Crippen LogP contribution in [0.2, 0.25) is 0 Å². The van der Waals surface area contributed by atoms with E-state index in [0.29, 0.717) is 19.4 Å². The number of hydrogen-bond donors (Lipinski definition) is 3. The molecule has 1 unspecified atom stereocenters. The van der Waals surface area contributed by atoms with E-state index >= 15 is 0 Å². The molecular weight excluding hydrogens is 299 g/mol. The van der Waals surface area contributed by atoms with E-state index in [2.05, 4.69) is 15.3 Å². The van der Waals surface area contributed by atoms with Gasteiger partial charge in [0.15, 0.2) is 0 Å². The summed E-state index contributed by atoms with van der Waals surface area (Å²) >= 11 is 0. The zero-order chi connectivity index (χ0) is 13.0. The molecule has 0 saturated heterocycles. The number of hydrogen-bond acceptors (Lipinski definition) is 3. The van der Waals surface area contributed by atoms with Crippen LogP contribution in [0, 0.1) is 0 Å². The molecule has 20 heavy (non-hydrogen) atoms. The number of nitrogens with one attached hydrogen (secondary N) is 2. The minimum atomic E-state index is -0.101. The van der Waals surface area contributed by atoms with E-state index in [1.807, 2.05) is 31.2 Å². The van der Waals surface area contributed by atoms with Crippen molar-refractivity contribution in [1.82, 2.24) is 15.3 Å². The van der Waals surface area contributed by atoms with Crippen molar-refractivity contribution in [2.24, 2.45) is 5.73 Å². The maximum atomic E-state index is 11.4. The molecule has 5 nitrogen and oxygen atoms in total. The first-order valence-corrected chi connectivity index (χ1v) is 6.11. The normalized spacial score (nSPS) is 11.3. The lowest BCUT2D eigenvalue weighted by molar-refractivity contribution is -0.121. The number of rotatable bonds is 5. The minimum Gasteiger partial charge on any atom is -0.356 e. The van der Waals surface area contributed by atoms with Gasteiger partial charge in [0.1, 0.15) is 5.82 Å². The van der Waals surface area contributed by atoms with Crippen molar-refractivity contribution >= 4 is 41.8 Å². The highest BCUT2D eigenvalue weighted by Crippen LogP contribution is 2.10. The molecule has 1 heterocycles. The largest absolute Gasteiger partial charge is 0.356 e. The first-order valence-electron chi connectivity index (χ1n) is 6.11. The van der Waals surface area contributed by atoms with Crippen LogP contribution in [-0.2, 0) is 11.2 Å². The SMILES string of the molecule is CC(N)CC(=O)NCCc1nc2ccccc2[nH]1.Cl.Cl. The Labute approximate surface area is 130 Å². The van der Waals surface area contributed by atoms with Crippen molar-refractivity contribution < 1.29 is 4.79 Å². The van der Waals surface area contributed by atoms with Gasteiger partial charge < -0.3 is 16.0 Å². The fraction of sp³-hybridized carbons (Fsp3) is 0.385. The quantitative estimate of drug-likeness (QED) is 0.786. The van der Waals surface area contributed by atoms with Crippen LogP contribution in [0.5, 0.6) is 0 Å². The Morgan fingerprint density at radius 2 is 2.10 bits per heavy atom. The minimum absolute atomic E-state index is 0. The lowest BCUT2D eigenvalue weighted by Gasteiger charge is -2.05. The summed E-state index contributed by atoms with van der Waals surface area (Å²) in [6.07, 6.45) is 1.06. The Balaban J connectivity index is 0.00000180. The van der Waals surface area contributed by atoms with E-state index < -0.39 is 0 Å². The van der Waals surface area contributed by atoms with Gasteiger partial charge in [-0.2, -0.15) is 0 Å². The predicted molar refractivity (Wildman–Crippen MR) is 85.6 cm³/mol. The Morgan fingerprint density at radius 3 is 2.75 bits per heavy atom. The van der Waals surface area contributed by atoms with Crippen molar-refractivity contribution in [3.8, 4) is 0 Å². The number of carbonyl (C=O) groups is 1. The molecule has 0 aliphatic carbocycles. The summed E-state index contributed by atoms with van der Waals surface area (Å²) in [5.41, 5.74) is 7.52. The molecule has 1 aromatic heterocycles. The van der Waals surface area contributed by atoms with Gasteiger partial charge in [0.2, 0.25) is 5.91 Å². The highest BCUT2D eigenvalue weighted by atomic mass is 35.5. The molecule has 2 aromatic rings. The monoisotopic (exact) mass is 318 g/mol. The molecule has 0 fully saturated rings. The Bertz CT molecular complexity index is 509. The van der Waals surface area contributed by atoms with E-state index in [-0.39, 0.29) is 36.8 Å². The number of nitrogens with two attached hydrogens (primary N) is 1. The van der Waals surface area contributed by atoms with Crippen molar-refractivity contribution in [1.29, 1.82) is 0 Å². The molecule has 0 aliphatic rings. The average Bonchev–Trinajstić information content (AvgIpc) is 2.70. The van der Waals surface area contributed by atoms with Gasteiger partial charge in [0.25, 0.3) is 0 Å². The molecular formula is C13H20Cl2N4O. The van der Waals surface area contributed by atoms with E-state index in [1.54, 1.807) is 0 Å². The fourth-order valence-corrected chi connectivity index (χ4v) is 1.81. The smallest absolute Gasteiger partial charge is 0.221 e. The molecule has 0 spiro atoms. The second-order valence-corrected chi connectivity index (χ2v) is 4.48. The maximum absolute atomic E-state index is 11.4. The molecule has 4 N–H and O–H groups in total. The first-order chi connectivity index (χ1) is 8.65. The van der Waals surface area contributed by atoms with E-state index in [0.717, 1.165) is 16.9 Å². The van der Waals surface area contributed by atoms with E-state index in [4.69, 9.17) is 5.73 Å². The molecule has 7 heteroatoms. The third-order valence-corrected chi connectivity index (χ3v) is 2.63. The Hall–Kier alpha value is -1.30. The van der Waals surface area contributed by atoms with Gasteiger partial charge in [-0.3, -0.25) is 4.79 Å². The topological polar surface area (TPSA) is 83.8 Å². The van der Waals surface area contributed by atoms with Gasteiger partial charge in [-0.25, -0.2) is 4.98 Å². The van der Waals surface area contributed by atoms with Crippen molar-refractivity contribution in [3.05, 3.63) is 30.1 Å². The van der Waals surface area contributed by atoms with Crippen LogP contribution in [0.3, 0.4) is 0 Å². The second-order valence-electron chi connectivity index (χ2n) is 4.48. The van der Waals surface area contributed by atoms with Crippen LogP contribution in [0.25, 0.3) is 11.0 Å². The van der Waals surface area contributed by atoms with Gasteiger partial charge >= 0.3 is 0 Å². The van der Waals surface area contributed by atoms with Crippen molar-refractivity contribution in [2.45, 2.75) is 25.8 Å². The molecule has 2 rings (SSSR count). The molecule has 0 saturated carbocycles. The number of aromatic nitrogens is 2. The number of imidazole rings is 1. The summed E-state index contributed by atoms with van der Waals surface area (Å²) < 4.78 is 0. The van der Waals surface area contributed by atoms with Gasteiger partial charge in [-0.15, -0.1) is 24.8 Å². The van der Waals surface area contributed by atoms with Gasteiger partial charge in [0.05, 0.1) is 11.0 Å². The summed E-state index contributed by atoms with van der Waals surface area (Å²) in [6, 6.07) is 7.77. The number of amides is 1. The molecule has 0 aliphatic heterocycles. The average molecular weight is 319 g/mol. The van der Waals surface area contributed by atoms with Crippen LogP contribution >= 0.6 is 24.8 Å². The van der Waals surface area contributed by atoms with Crippen molar-refractivity contribution in [2.75, 3.05) is 6.54 Å². The number of nitrogens with zero attached hydrogens (tertiary/aromatic N) is 1. The highest BCUT2D eigenvalue weighted by molar-refractivity contribution is 5.85. The molecule has 1 amide bonds. The molecule has 1 aromatic carbocycles. The lowest BCUT2D eigenvalue weighted by Crippen LogP contribution is -2.31. The lowest BCUT2D eigenvalue weighted by atomic mass is 10.2. The van der Waals surface area contributed by atoms with E-state index in [9.17, 15) is 4.79 Å². The highest BCUT2D eigenvalue weighted by Gasteiger charge is 2.05.